The van der Waals surface area contributed by atoms with E-state index in [9.17, 15) is 0 Å². The van der Waals surface area contributed by atoms with Crippen LogP contribution in [0.4, 0.5) is 5.69 Å². The SMILES string of the molecule is N#CCc1ccc(NC[C@H](O)CO)cc1. The Morgan fingerprint density at radius 2 is 2.00 bits per heavy atom. The van der Waals surface area contributed by atoms with E-state index in [1.54, 1.807) is 0 Å². The highest BCUT2D eigenvalue weighted by Crippen LogP contribution is 2.09. The van der Waals surface area contributed by atoms with Crippen LogP contribution in [-0.4, -0.2) is 29.5 Å². The summed E-state index contributed by atoms with van der Waals surface area (Å²) in [5.74, 6) is 0. The minimum Gasteiger partial charge on any atom is -0.394 e. The molecule has 0 unspecified atom stereocenters. The van der Waals surface area contributed by atoms with Gasteiger partial charge in [-0.05, 0) is 17.7 Å². The number of aliphatic hydroxyl groups excluding tert-OH is 2. The third kappa shape index (κ3) is 3.98. The highest BCUT2D eigenvalue weighted by Gasteiger charge is 2.00. The molecule has 4 nitrogen and oxygen atoms in total. The summed E-state index contributed by atoms with van der Waals surface area (Å²) < 4.78 is 0. The zero-order chi connectivity index (χ0) is 11.1. The van der Waals surface area contributed by atoms with Crippen molar-refractivity contribution in [3.63, 3.8) is 0 Å². The minimum absolute atomic E-state index is 0.250. The molecule has 80 valence electrons. The Labute approximate surface area is 88.8 Å². The van der Waals surface area contributed by atoms with Crippen LogP contribution in [0.15, 0.2) is 24.3 Å². The normalized spacial score (nSPS) is 11.8. The Kier molecular flexibility index (Phi) is 4.61. The van der Waals surface area contributed by atoms with Crippen molar-refractivity contribution in [3.8, 4) is 6.07 Å². The zero-order valence-corrected chi connectivity index (χ0v) is 8.35. The Morgan fingerprint density at radius 3 is 2.53 bits per heavy atom. The fraction of sp³-hybridized carbons (Fsp3) is 0.364. The molecule has 0 bridgehead atoms. The van der Waals surface area contributed by atoms with Gasteiger partial charge in [-0.15, -0.1) is 0 Å². The maximum absolute atomic E-state index is 9.10. The molecule has 3 N–H and O–H groups in total. The van der Waals surface area contributed by atoms with Crippen molar-refractivity contribution in [2.45, 2.75) is 12.5 Å². The molecule has 0 aliphatic carbocycles. The topological polar surface area (TPSA) is 76.3 Å². The number of nitrogens with zero attached hydrogens (tertiary/aromatic N) is 1. The third-order valence-electron chi connectivity index (χ3n) is 1.99. The summed E-state index contributed by atoms with van der Waals surface area (Å²) in [5.41, 5.74) is 1.83. The van der Waals surface area contributed by atoms with Gasteiger partial charge in [-0.2, -0.15) is 5.26 Å². The van der Waals surface area contributed by atoms with Crippen LogP contribution in [-0.2, 0) is 6.42 Å². The molecular weight excluding hydrogens is 192 g/mol. The number of anilines is 1. The van der Waals surface area contributed by atoms with E-state index in [-0.39, 0.29) is 6.61 Å². The number of nitriles is 1. The Morgan fingerprint density at radius 1 is 1.33 bits per heavy atom. The van der Waals surface area contributed by atoms with Crippen LogP contribution < -0.4 is 5.32 Å². The molecule has 1 aromatic rings. The van der Waals surface area contributed by atoms with Crippen molar-refractivity contribution in [1.82, 2.24) is 0 Å². The van der Waals surface area contributed by atoms with E-state index >= 15 is 0 Å². The van der Waals surface area contributed by atoms with Crippen molar-refractivity contribution >= 4 is 5.69 Å². The smallest absolute Gasteiger partial charge is 0.0942 e. The first-order valence-corrected chi connectivity index (χ1v) is 4.75. The Balaban J connectivity index is 2.46. The number of hydrogen-bond donors (Lipinski definition) is 3. The van der Waals surface area contributed by atoms with Crippen LogP contribution in [0.1, 0.15) is 5.56 Å². The van der Waals surface area contributed by atoms with Gasteiger partial charge in [0.1, 0.15) is 0 Å². The lowest BCUT2D eigenvalue weighted by atomic mass is 10.1. The van der Waals surface area contributed by atoms with Crippen LogP contribution in [0.25, 0.3) is 0 Å². The first-order valence-electron chi connectivity index (χ1n) is 4.75. The van der Waals surface area contributed by atoms with Crippen molar-refractivity contribution in [1.29, 1.82) is 5.26 Å². The lowest BCUT2D eigenvalue weighted by Gasteiger charge is -2.10. The minimum atomic E-state index is -0.746. The average molecular weight is 206 g/mol. The lowest BCUT2D eigenvalue weighted by Crippen LogP contribution is -2.22. The third-order valence-corrected chi connectivity index (χ3v) is 1.99. The van der Waals surface area contributed by atoms with Crippen molar-refractivity contribution in [2.75, 3.05) is 18.5 Å². The predicted molar refractivity (Wildman–Crippen MR) is 57.3 cm³/mol. The lowest BCUT2D eigenvalue weighted by molar-refractivity contribution is 0.105. The summed E-state index contributed by atoms with van der Waals surface area (Å²) in [5, 5.41) is 29.1. The first-order chi connectivity index (χ1) is 7.26. The summed E-state index contributed by atoms with van der Waals surface area (Å²) in [6.07, 6.45) is -0.344. The second-order valence-corrected chi connectivity index (χ2v) is 3.25. The van der Waals surface area contributed by atoms with Crippen molar-refractivity contribution < 1.29 is 10.2 Å². The molecule has 15 heavy (non-hydrogen) atoms. The molecule has 1 atom stereocenters. The molecule has 1 rings (SSSR count). The van der Waals surface area contributed by atoms with Gasteiger partial charge in [0.2, 0.25) is 0 Å². The molecule has 1 aromatic carbocycles. The molecule has 0 fully saturated rings. The van der Waals surface area contributed by atoms with Gasteiger partial charge in [0.15, 0.2) is 0 Å². The van der Waals surface area contributed by atoms with Crippen LogP contribution in [0.3, 0.4) is 0 Å². The van der Waals surface area contributed by atoms with Gasteiger partial charge in [-0.1, -0.05) is 12.1 Å². The van der Waals surface area contributed by atoms with Gasteiger partial charge >= 0.3 is 0 Å². The monoisotopic (exact) mass is 206 g/mol. The van der Waals surface area contributed by atoms with Gasteiger partial charge in [0.25, 0.3) is 0 Å². The molecule has 0 saturated carbocycles. The molecule has 4 heteroatoms. The Hall–Kier alpha value is -1.57. The number of rotatable bonds is 5. The molecule has 0 radical (unpaired) electrons. The molecule has 0 spiro atoms. The highest BCUT2D eigenvalue weighted by atomic mass is 16.3. The van der Waals surface area contributed by atoms with Gasteiger partial charge in [-0.25, -0.2) is 0 Å². The molecular formula is C11H14N2O2. The summed E-state index contributed by atoms with van der Waals surface area (Å²) in [7, 11) is 0. The van der Waals surface area contributed by atoms with Gasteiger partial charge in [0, 0.05) is 12.2 Å². The average Bonchev–Trinajstić information content (AvgIpc) is 2.28. The standard InChI is InChI=1S/C11H14N2O2/c12-6-5-9-1-3-10(4-2-9)13-7-11(15)8-14/h1-4,11,13-15H,5,7-8H2/t11-/m0/s1. The fourth-order valence-electron chi connectivity index (χ4n) is 1.13. The number of aliphatic hydroxyl groups is 2. The van der Waals surface area contributed by atoms with E-state index in [4.69, 9.17) is 15.5 Å². The van der Waals surface area contributed by atoms with E-state index in [0.29, 0.717) is 13.0 Å². The molecule has 0 aliphatic rings. The molecule has 0 amide bonds. The quantitative estimate of drug-likeness (QED) is 0.656. The van der Waals surface area contributed by atoms with Crippen molar-refractivity contribution in [2.24, 2.45) is 0 Å². The maximum Gasteiger partial charge on any atom is 0.0942 e. The summed E-state index contributed by atoms with van der Waals surface area (Å²) >= 11 is 0. The zero-order valence-electron chi connectivity index (χ0n) is 8.35. The van der Waals surface area contributed by atoms with E-state index in [1.165, 1.54) is 0 Å². The second kappa shape index (κ2) is 6.02. The fourth-order valence-corrected chi connectivity index (χ4v) is 1.13. The van der Waals surface area contributed by atoms with E-state index in [0.717, 1.165) is 11.3 Å². The van der Waals surface area contributed by atoms with E-state index in [2.05, 4.69) is 11.4 Å². The summed E-state index contributed by atoms with van der Waals surface area (Å²) in [6, 6.07) is 9.47. The number of hydrogen-bond acceptors (Lipinski definition) is 4. The largest absolute Gasteiger partial charge is 0.394 e. The molecule has 0 aromatic heterocycles. The van der Waals surface area contributed by atoms with Gasteiger partial charge in [0.05, 0.1) is 25.2 Å². The Bertz CT molecular complexity index is 329. The summed E-state index contributed by atoms with van der Waals surface area (Å²) in [4.78, 5) is 0. The van der Waals surface area contributed by atoms with E-state index < -0.39 is 6.10 Å². The molecule has 0 saturated heterocycles. The predicted octanol–water partition coefficient (Wildman–Crippen LogP) is 0.518. The summed E-state index contributed by atoms with van der Waals surface area (Å²) in [6.45, 7) is 0.0631. The highest BCUT2D eigenvalue weighted by molar-refractivity contribution is 5.45. The molecule has 0 aliphatic heterocycles. The second-order valence-electron chi connectivity index (χ2n) is 3.25. The van der Waals surface area contributed by atoms with Crippen LogP contribution >= 0.6 is 0 Å². The molecule has 0 heterocycles. The van der Waals surface area contributed by atoms with Gasteiger partial charge < -0.3 is 15.5 Å². The van der Waals surface area contributed by atoms with Crippen LogP contribution in [0.5, 0.6) is 0 Å². The van der Waals surface area contributed by atoms with Crippen LogP contribution in [0.2, 0.25) is 0 Å². The van der Waals surface area contributed by atoms with Crippen LogP contribution in [0, 0.1) is 11.3 Å². The van der Waals surface area contributed by atoms with E-state index in [1.807, 2.05) is 24.3 Å². The van der Waals surface area contributed by atoms with Crippen molar-refractivity contribution in [3.05, 3.63) is 29.8 Å². The first kappa shape index (κ1) is 11.5. The number of benzene rings is 1. The maximum atomic E-state index is 9.10. The number of nitrogens with one attached hydrogen (secondary N) is 1. The van der Waals surface area contributed by atoms with Gasteiger partial charge in [-0.3, -0.25) is 0 Å².